The SMILES string of the molecule is Nc1cc(NC(=O)c2c[nH]ccc2=O)ccc1F. The van der Waals surface area contributed by atoms with Crippen LogP contribution in [0.3, 0.4) is 0 Å². The van der Waals surface area contributed by atoms with E-state index in [2.05, 4.69) is 10.3 Å². The van der Waals surface area contributed by atoms with Crippen LogP contribution in [0.15, 0.2) is 41.5 Å². The first-order chi connectivity index (χ1) is 8.58. The summed E-state index contributed by atoms with van der Waals surface area (Å²) >= 11 is 0. The zero-order valence-corrected chi connectivity index (χ0v) is 9.24. The Bertz CT molecular complexity index is 652. The van der Waals surface area contributed by atoms with E-state index in [0.29, 0.717) is 5.69 Å². The number of benzene rings is 1. The number of nitrogen functional groups attached to an aromatic ring is 1. The summed E-state index contributed by atoms with van der Waals surface area (Å²) in [6, 6.07) is 5.03. The first-order valence-electron chi connectivity index (χ1n) is 5.11. The molecule has 92 valence electrons. The molecule has 2 aromatic rings. The zero-order chi connectivity index (χ0) is 13.1. The molecule has 0 unspecified atom stereocenters. The summed E-state index contributed by atoms with van der Waals surface area (Å²) in [6.07, 6.45) is 2.72. The summed E-state index contributed by atoms with van der Waals surface area (Å²) in [4.78, 5) is 25.8. The van der Waals surface area contributed by atoms with Gasteiger partial charge in [-0.3, -0.25) is 9.59 Å². The van der Waals surface area contributed by atoms with Crippen molar-refractivity contribution in [1.29, 1.82) is 0 Å². The monoisotopic (exact) mass is 247 g/mol. The number of rotatable bonds is 2. The molecule has 1 aromatic heterocycles. The summed E-state index contributed by atoms with van der Waals surface area (Å²) in [5.74, 6) is -1.14. The Kier molecular flexibility index (Phi) is 3.09. The quantitative estimate of drug-likeness (QED) is 0.700. The Balaban J connectivity index is 2.24. The van der Waals surface area contributed by atoms with Gasteiger partial charge in [0.25, 0.3) is 5.91 Å². The van der Waals surface area contributed by atoms with Crippen molar-refractivity contribution in [2.24, 2.45) is 0 Å². The normalized spacial score (nSPS) is 10.1. The molecule has 1 aromatic carbocycles. The van der Waals surface area contributed by atoms with Gasteiger partial charge in [0.1, 0.15) is 11.4 Å². The lowest BCUT2D eigenvalue weighted by Crippen LogP contribution is -2.20. The van der Waals surface area contributed by atoms with E-state index in [4.69, 9.17) is 5.73 Å². The van der Waals surface area contributed by atoms with Crippen molar-refractivity contribution in [3.05, 3.63) is 58.3 Å². The predicted octanol–water partition coefficient (Wildman–Crippen LogP) is 1.35. The Morgan fingerprint density at radius 2 is 2.11 bits per heavy atom. The number of hydrogen-bond acceptors (Lipinski definition) is 3. The van der Waals surface area contributed by atoms with Crippen LogP contribution >= 0.6 is 0 Å². The van der Waals surface area contributed by atoms with E-state index in [1.165, 1.54) is 30.6 Å². The van der Waals surface area contributed by atoms with Gasteiger partial charge in [0.05, 0.1) is 5.69 Å². The fraction of sp³-hybridized carbons (Fsp3) is 0. The van der Waals surface area contributed by atoms with Gasteiger partial charge in [-0.15, -0.1) is 0 Å². The van der Waals surface area contributed by atoms with Gasteiger partial charge in [-0.1, -0.05) is 0 Å². The average Bonchev–Trinajstić information content (AvgIpc) is 2.34. The van der Waals surface area contributed by atoms with Gasteiger partial charge in [-0.05, 0) is 18.2 Å². The highest BCUT2D eigenvalue weighted by Gasteiger charge is 2.10. The highest BCUT2D eigenvalue weighted by molar-refractivity contribution is 6.04. The first-order valence-corrected chi connectivity index (χ1v) is 5.11. The molecule has 0 spiro atoms. The third-order valence-corrected chi connectivity index (χ3v) is 2.32. The van der Waals surface area contributed by atoms with Gasteiger partial charge in [0.15, 0.2) is 5.43 Å². The van der Waals surface area contributed by atoms with E-state index in [-0.39, 0.29) is 11.3 Å². The number of carbonyl (C=O) groups excluding carboxylic acids is 1. The smallest absolute Gasteiger partial charge is 0.261 e. The maximum absolute atomic E-state index is 12.9. The molecule has 1 amide bonds. The molecule has 1 heterocycles. The lowest BCUT2D eigenvalue weighted by molar-refractivity contribution is 0.102. The number of nitrogens with one attached hydrogen (secondary N) is 2. The van der Waals surface area contributed by atoms with Crippen molar-refractivity contribution in [1.82, 2.24) is 4.98 Å². The standard InChI is InChI=1S/C12H10FN3O2/c13-9-2-1-7(5-10(9)14)16-12(18)8-6-15-4-3-11(8)17/h1-6H,14H2,(H,15,17)(H,16,18). The van der Waals surface area contributed by atoms with Crippen LogP contribution in [0.4, 0.5) is 15.8 Å². The molecule has 18 heavy (non-hydrogen) atoms. The minimum Gasteiger partial charge on any atom is -0.396 e. The molecule has 0 aliphatic carbocycles. The predicted molar refractivity (Wildman–Crippen MR) is 65.8 cm³/mol. The van der Waals surface area contributed by atoms with Crippen LogP contribution in [0.5, 0.6) is 0 Å². The molecule has 4 N–H and O–H groups in total. The fourth-order valence-electron chi connectivity index (χ4n) is 1.41. The Labute approximate surface area is 101 Å². The van der Waals surface area contributed by atoms with Crippen LogP contribution in [0.25, 0.3) is 0 Å². The van der Waals surface area contributed by atoms with Gasteiger partial charge < -0.3 is 16.0 Å². The van der Waals surface area contributed by atoms with Crippen LogP contribution in [-0.2, 0) is 0 Å². The van der Waals surface area contributed by atoms with Crippen LogP contribution in [0.2, 0.25) is 0 Å². The van der Waals surface area contributed by atoms with E-state index in [1.807, 2.05) is 0 Å². The van der Waals surface area contributed by atoms with Gasteiger partial charge in [-0.2, -0.15) is 0 Å². The molecule has 0 saturated heterocycles. The number of halogens is 1. The summed E-state index contributed by atoms with van der Waals surface area (Å²) in [5.41, 5.74) is 5.19. The molecule has 2 rings (SSSR count). The summed E-state index contributed by atoms with van der Waals surface area (Å²) in [6.45, 7) is 0. The molecule has 0 atom stereocenters. The minimum absolute atomic E-state index is 0.0274. The molecule has 0 fully saturated rings. The lowest BCUT2D eigenvalue weighted by Gasteiger charge is -2.05. The summed E-state index contributed by atoms with van der Waals surface area (Å²) in [7, 11) is 0. The van der Waals surface area contributed by atoms with Crippen molar-refractivity contribution in [2.75, 3.05) is 11.1 Å². The average molecular weight is 247 g/mol. The number of pyridine rings is 1. The number of H-pyrrole nitrogens is 1. The third kappa shape index (κ3) is 2.37. The van der Waals surface area contributed by atoms with Crippen LogP contribution in [0.1, 0.15) is 10.4 Å². The van der Waals surface area contributed by atoms with Crippen LogP contribution in [-0.4, -0.2) is 10.9 Å². The van der Waals surface area contributed by atoms with Gasteiger partial charge >= 0.3 is 0 Å². The molecule has 0 saturated carbocycles. The third-order valence-electron chi connectivity index (χ3n) is 2.32. The number of aromatic nitrogens is 1. The van der Waals surface area contributed by atoms with E-state index < -0.39 is 17.2 Å². The van der Waals surface area contributed by atoms with E-state index in [1.54, 1.807) is 0 Å². The van der Waals surface area contributed by atoms with Crippen molar-refractivity contribution in [3.63, 3.8) is 0 Å². The second kappa shape index (κ2) is 4.70. The highest BCUT2D eigenvalue weighted by atomic mass is 19.1. The lowest BCUT2D eigenvalue weighted by atomic mass is 10.2. The molecular formula is C12H10FN3O2. The second-order valence-corrected chi connectivity index (χ2v) is 3.61. The van der Waals surface area contributed by atoms with Gasteiger partial charge in [0, 0.05) is 24.1 Å². The number of hydrogen-bond donors (Lipinski definition) is 3. The van der Waals surface area contributed by atoms with E-state index in [9.17, 15) is 14.0 Å². The number of nitrogens with two attached hydrogens (primary N) is 1. The molecule has 0 bridgehead atoms. The van der Waals surface area contributed by atoms with Crippen molar-refractivity contribution < 1.29 is 9.18 Å². The summed E-state index contributed by atoms with van der Waals surface area (Å²) in [5, 5.41) is 2.46. The van der Waals surface area contributed by atoms with Gasteiger partial charge in [0.2, 0.25) is 0 Å². The molecule has 0 aliphatic rings. The van der Waals surface area contributed by atoms with Crippen molar-refractivity contribution in [3.8, 4) is 0 Å². The Hall–Kier alpha value is -2.63. The Morgan fingerprint density at radius 3 is 2.78 bits per heavy atom. The van der Waals surface area contributed by atoms with Crippen LogP contribution in [0, 0.1) is 5.82 Å². The topological polar surface area (TPSA) is 88.0 Å². The van der Waals surface area contributed by atoms with Crippen molar-refractivity contribution in [2.45, 2.75) is 0 Å². The second-order valence-electron chi connectivity index (χ2n) is 3.61. The summed E-state index contributed by atoms with van der Waals surface area (Å²) < 4.78 is 12.9. The molecule has 5 nitrogen and oxygen atoms in total. The zero-order valence-electron chi connectivity index (χ0n) is 9.24. The van der Waals surface area contributed by atoms with Crippen LogP contribution < -0.4 is 16.5 Å². The van der Waals surface area contributed by atoms with E-state index >= 15 is 0 Å². The van der Waals surface area contributed by atoms with E-state index in [0.717, 1.165) is 6.07 Å². The molecule has 0 radical (unpaired) electrons. The number of carbonyl (C=O) groups is 1. The maximum atomic E-state index is 12.9. The maximum Gasteiger partial charge on any atom is 0.261 e. The molecule has 0 aliphatic heterocycles. The largest absolute Gasteiger partial charge is 0.396 e. The Morgan fingerprint density at radius 1 is 1.33 bits per heavy atom. The molecule has 6 heteroatoms. The first kappa shape index (κ1) is 11.8. The number of amides is 1. The number of anilines is 2. The van der Waals surface area contributed by atoms with Crippen molar-refractivity contribution >= 4 is 17.3 Å². The highest BCUT2D eigenvalue weighted by Crippen LogP contribution is 2.16. The molecular weight excluding hydrogens is 237 g/mol. The number of aromatic amines is 1. The minimum atomic E-state index is -0.581. The fourth-order valence-corrected chi connectivity index (χ4v) is 1.41. The van der Waals surface area contributed by atoms with Gasteiger partial charge in [-0.25, -0.2) is 4.39 Å².